The van der Waals surface area contributed by atoms with Crippen molar-refractivity contribution >= 4 is 23.4 Å². The molecule has 0 aromatic carbocycles. The highest BCUT2D eigenvalue weighted by Gasteiger charge is 2.16. The fourth-order valence-corrected chi connectivity index (χ4v) is 3.20. The van der Waals surface area contributed by atoms with Crippen molar-refractivity contribution in [2.75, 3.05) is 18.1 Å². The Balaban J connectivity index is 2.64. The van der Waals surface area contributed by atoms with E-state index in [4.69, 9.17) is 11.6 Å². The molecule has 0 amide bonds. The van der Waals surface area contributed by atoms with Crippen LogP contribution in [0.15, 0.2) is 0 Å². The van der Waals surface area contributed by atoms with Gasteiger partial charge in [0, 0.05) is 25.3 Å². The summed E-state index contributed by atoms with van der Waals surface area (Å²) in [6.45, 7) is 7.32. The van der Waals surface area contributed by atoms with Gasteiger partial charge in [-0.2, -0.15) is 16.9 Å². The van der Waals surface area contributed by atoms with Crippen LogP contribution in [0.25, 0.3) is 0 Å². The molecule has 1 aromatic rings. The number of halogens is 1. The molecule has 1 N–H and O–H groups in total. The molecule has 0 fully saturated rings. The lowest BCUT2D eigenvalue weighted by Gasteiger charge is -2.17. The second kappa shape index (κ2) is 8.08. The molecule has 1 rings (SSSR count). The van der Waals surface area contributed by atoms with Crippen LogP contribution in [0.5, 0.6) is 0 Å². The Kier molecular flexibility index (Phi) is 7.12. The number of hydrogen-bond donors (Lipinski definition) is 1. The lowest BCUT2D eigenvalue weighted by atomic mass is 10.1. The summed E-state index contributed by atoms with van der Waals surface area (Å²) in [5, 5.41) is 8.72. The fourth-order valence-electron chi connectivity index (χ4n) is 1.98. The molecular formula is C13H24ClN3S. The van der Waals surface area contributed by atoms with Gasteiger partial charge in [0.2, 0.25) is 0 Å². The standard InChI is InChI=1S/C13H24ClN3S/c1-5-7-18-9-11(15-6-2)8-12-13(14)10(3)16-17(12)4/h11,15H,5-9H2,1-4H3. The molecule has 1 aromatic heterocycles. The van der Waals surface area contributed by atoms with Crippen molar-refractivity contribution in [1.82, 2.24) is 15.1 Å². The first kappa shape index (κ1) is 15.9. The van der Waals surface area contributed by atoms with Crippen molar-refractivity contribution in [3.05, 3.63) is 16.4 Å². The molecular weight excluding hydrogens is 266 g/mol. The van der Waals surface area contributed by atoms with Crippen LogP contribution in [-0.2, 0) is 13.5 Å². The summed E-state index contributed by atoms with van der Waals surface area (Å²) < 4.78 is 1.91. The van der Waals surface area contributed by atoms with Crippen molar-refractivity contribution in [2.24, 2.45) is 7.05 Å². The smallest absolute Gasteiger partial charge is 0.0847 e. The van der Waals surface area contributed by atoms with E-state index in [1.807, 2.05) is 30.4 Å². The number of thioether (sulfide) groups is 1. The molecule has 0 aliphatic heterocycles. The second-order valence-corrected chi connectivity index (χ2v) is 6.03. The normalized spacial score (nSPS) is 12.9. The number of aromatic nitrogens is 2. The zero-order valence-electron chi connectivity index (χ0n) is 11.8. The molecule has 0 aliphatic carbocycles. The predicted octanol–water partition coefficient (Wildman–Crippen LogP) is 3.05. The summed E-state index contributed by atoms with van der Waals surface area (Å²) >= 11 is 8.31. The summed E-state index contributed by atoms with van der Waals surface area (Å²) in [5.41, 5.74) is 2.06. The first-order chi connectivity index (χ1) is 8.60. The molecule has 0 bridgehead atoms. The van der Waals surface area contributed by atoms with Crippen LogP contribution < -0.4 is 5.32 Å². The number of hydrogen-bond acceptors (Lipinski definition) is 3. The van der Waals surface area contributed by atoms with Crippen LogP contribution in [0.3, 0.4) is 0 Å². The van der Waals surface area contributed by atoms with Crippen LogP contribution >= 0.6 is 23.4 Å². The quantitative estimate of drug-likeness (QED) is 0.746. The Hall–Kier alpha value is -0.190. The average molecular weight is 290 g/mol. The number of likely N-dealkylation sites (N-methyl/N-ethyl adjacent to an activating group) is 1. The molecule has 3 nitrogen and oxygen atoms in total. The molecule has 0 radical (unpaired) electrons. The van der Waals surface area contributed by atoms with Crippen molar-refractivity contribution in [1.29, 1.82) is 0 Å². The molecule has 0 saturated heterocycles. The Morgan fingerprint density at radius 3 is 2.67 bits per heavy atom. The van der Waals surface area contributed by atoms with E-state index >= 15 is 0 Å². The minimum absolute atomic E-state index is 0.471. The summed E-state index contributed by atoms with van der Waals surface area (Å²) in [5.74, 6) is 2.35. The average Bonchev–Trinajstić information content (AvgIpc) is 2.56. The largest absolute Gasteiger partial charge is 0.313 e. The van der Waals surface area contributed by atoms with Gasteiger partial charge in [0.05, 0.1) is 16.4 Å². The van der Waals surface area contributed by atoms with Crippen LogP contribution in [0.1, 0.15) is 31.7 Å². The third-order valence-corrected chi connectivity index (χ3v) is 4.69. The van der Waals surface area contributed by atoms with E-state index in [0.717, 1.165) is 35.1 Å². The highest BCUT2D eigenvalue weighted by atomic mass is 35.5. The topological polar surface area (TPSA) is 29.9 Å². The fraction of sp³-hybridized carbons (Fsp3) is 0.769. The molecule has 0 saturated carbocycles. The van der Waals surface area contributed by atoms with Gasteiger partial charge in [0.1, 0.15) is 0 Å². The van der Waals surface area contributed by atoms with E-state index in [1.165, 1.54) is 12.2 Å². The predicted molar refractivity (Wildman–Crippen MR) is 81.7 cm³/mol. The van der Waals surface area contributed by atoms with E-state index in [1.54, 1.807) is 0 Å². The molecule has 104 valence electrons. The van der Waals surface area contributed by atoms with Crippen molar-refractivity contribution < 1.29 is 0 Å². The van der Waals surface area contributed by atoms with Gasteiger partial charge in [-0.25, -0.2) is 0 Å². The summed E-state index contributed by atoms with van der Waals surface area (Å²) in [4.78, 5) is 0. The van der Waals surface area contributed by atoms with Crippen molar-refractivity contribution in [3.63, 3.8) is 0 Å². The van der Waals surface area contributed by atoms with Crippen LogP contribution in [-0.4, -0.2) is 33.9 Å². The number of nitrogens with one attached hydrogen (secondary N) is 1. The number of rotatable bonds is 8. The van der Waals surface area contributed by atoms with Crippen molar-refractivity contribution in [2.45, 2.75) is 39.7 Å². The van der Waals surface area contributed by atoms with Gasteiger partial charge in [-0.05, 0) is 25.6 Å². The molecule has 5 heteroatoms. The maximum Gasteiger partial charge on any atom is 0.0847 e. The highest BCUT2D eigenvalue weighted by molar-refractivity contribution is 7.99. The Morgan fingerprint density at radius 2 is 2.17 bits per heavy atom. The third-order valence-electron chi connectivity index (χ3n) is 2.86. The lowest BCUT2D eigenvalue weighted by molar-refractivity contribution is 0.549. The van der Waals surface area contributed by atoms with Gasteiger partial charge >= 0.3 is 0 Å². The summed E-state index contributed by atoms with van der Waals surface area (Å²) in [7, 11) is 1.97. The van der Waals surface area contributed by atoms with Gasteiger partial charge < -0.3 is 5.32 Å². The van der Waals surface area contributed by atoms with E-state index in [9.17, 15) is 0 Å². The van der Waals surface area contributed by atoms with Gasteiger partial charge in [-0.15, -0.1) is 0 Å². The van der Waals surface area contributed by atoms with Gasteiger partial charge in [-0.3, -0.25) is 4.68 Å². The van der Waals surface area contributed by atoms with Crippen LogP contribution in [0.2, 0.25) is 5.02 Å². The van der Waals surface area contributed by atoms with Gasteiger partial charge in [0.15, 0.2) is 0 Å². The monoisotopic (exact) mass is 289 g/mol. The minimum atomic E-state index is 0.471. The summed E-state index contributed by atoms with van der Waals surface area (Å²) in [6.07, 6.45) is 2.18. The molecule has 1 unspecified atom stereocenters. The lowest BCUT2D eigenvalue weighted by Crippen LogP contribution is -2.34. The Morgan fingerprint density at radius 1 is 1.44 bits per heavy atom. The zero-order chi connectivity index (χ0) is 13.5. The number of nitrogens with zero attached hydrogens (tertiary/aromatic N) is 2. The van der Waals surface area contributed by atoms with Crippen molar-refractivity contribution in [3.8, 4) is 0 Å². The maximum absolute atomic E-state index is 6.30. The molecule has 1 atom stereocenters. The first-order valence-electron chi connectivity index (χ1n) is 6.59. The Bertz CT molecular complexity index is 365. The highest BCUT2D eigenvalue weighted by Crippen LogP contribution is 2.21. The zero-order valence-corrected chi connectivity index (χ0v) is 13.4. The van der Waals surface area contributed by atoms with Gasteiger partial charge in [0.25, 0.3) is 0 Å². The number of aryl methyl sites for hydroxylation is 2. The van der Waals surface area contributed by atoms with E-state index in [-0.39, 0.29) is 0 Å². The molecule has 0 spiro atoms. The first-order valence-corrected chi connectivity index (χ1v) is 8.12. The van der Waals surface area contributed by atoms with E-state index in [2.05, 4.69) is 24.3 Å². The molecule has 1 heterocycles. The van der Waals surface area contributed by atoms with Gasteiger partial charge in [-0.1, -0.05) is 25.4 Å². The van der Waals surface area contributed by atoms with Crippen LogP contribution in [0.4, 0.5) is 0 Å². The molecule has 18 heavy (non-hydrogen) atoms. The van der Waals surface area contributed by atoms with E-state index in [0.29, 0.717) is 6.04 Å². The van der Waals surface area contributed by atoms with E-state index < -0.39 is 0 Å². The maximum atomic E-state index is 6.30. The SMILES string of the molecule is CCCSCC(Cc1c(Cl)c(C)nn1C)NCC. The Labute approximate surface area is 120 Å². The third kappa shape index (κ3) is 4.48. The minimum Gasteiger partial charge on any atom is -0.313 e. The molecule has 0 aliphatic rings. The van der Waals surface area contributed by atoms with Crippen LogP contribution in [0, 0.1) is 6.92 Å². The summed E-state index contributed by atoms with van der Waals surface area (Å²) in [6, 6.07) is 0.471. The second-order valence-electron chi connectivity index (χ2n) is 4.50.